The number of likely N-dealkylation sites (N-methyl/N-ethyl adjacent to an activating group) is 1. The van der Waals surface area contributed by atoms with E-state index in [1.165, 1.54) is 0 Å². The minimum absolute atomic E-state index is 0.0112. The van der Waals surface area contributed by atoms with Crippen LogP contribution >= 0.6 is 0 Å². The van der Waals surface area contributed by atoms with Gasteiger partial charge in [-0.2, -0.15) is 0 Å². The lowest BCUT2D eigenvalue weighted by atomic mass is 10.0. The van der Waals surface area contributed by atoms with E-state index in [1.54, 1.807) is 25.2 Å². The van der Waals surface area contributed by atoms with E-state index in [0.717, 1.165) is 17.8 Å². The lowest BCUT2D eigenvalue weighted by molar-refractivity contribution is -0.131. The van der Waals surface area contributed by atoms with Crippen LogP contribution in [0.3, 0.4) is 0 Å². The van der Waals surface area contributed by atoms with Crippen molar-refractivity contribution in [3.8, 4) is 0 Å². The highest BCUT2D eigenvalue weighted by Gasteiger charge is 2.46. The first-order valence-electron chi connectivity index (χ1n) is 8.56. The minimum Gasteiger partial charge on any atom is -0.348 e. The quantitative estimate of drug-likeness (QED) is 0.732. The second-order valence-corrected chi connectivity index (χ2v) is 9.36. The van der Waals surface area contributed by atoms with E-state index < -0.39 is 9.84 Å². The van der Waals surface area contributed by atoms with Gasteiger partial charge in [-0.25, -0.2) is 8.42 Å². The molecule has 25 heavy (non-hydrogen) atoms. The number of carbonyl (C=O) groups is 1. The summed E-state index contributed by atoms with van der Waals surface area (Å²) in [5, 5.41) is 0. The van der Waals surface area contributed by atoms with Gasteiger partial charge in [-0.3, -0.25) is 19.6 Å². The molecule has 3 rings (SSSR count). The van der Waals surface area contributed by atoms with Gasteiger partial charge in [0.15, 0.2) is 9.84 Å². The maximum atomic E-state index is 12.3. The van der Waals surface area contributed by atoms with E-state index in [2.05, 4.69) is 9.88 Å². The number of hydrogen-bond acceptors (Lipinski definition) is 6. The van der Waals surface area contributed by atoms with Crippen LogP contribution in [0.4, 0.5) is 0 Å². The van der Waals surface area contributed by atoms with Crippen molar-refractivity contribution in [1.82, 2.24) is 19.7 Å². The van der Waals surface area contributed by atoms with Crippen LogP contribution in [0.1, 0.15) is 11.3 Å². The predicted octanol–water partition coefficient (Wildman–Crippen LogP) is -0.239. The number of hydrogen-bond donors (Lipinski definition) is 0. The number of piperazine rings is 1. The number of nitrogens with zero attached hydrogens (tertiary/aromatic N) is 4. The Kier molecular flexibility index (Phi) is 5.13. The molecule has 0 bridgehead atoms. The van der Waals surface area contributed by atoms with E-state index >= 15 is 0 Å². The lowest BCUT2D eigenvalue weighted by Gasteiger charge is -2.43. The highest BCUT2D eigenvalue weighted by Crippen LogP contribution is 2.28. The molecular formula is C17H26N4O3S. The van der Waals surface area contributed by atoms with Gasteiger partial charge in [0.05, 0.1) is 23.7 Å². The van der Waals surface area contributed by atoms with Crippen molar-refractivity contribution in [3.05, 3.63) is 29.6 Å². The van der Waals surface area contributed by atoms with Gasteiger partial charge in [0.2, 0.25) is 5.91 Å². The van der Waals surface area contributed by atoms with Crippen molar-refractivity contribution < 1.29 is 13.2 Å². The van der Waals surface area contributed by atoms with Crippen molar-refractivity contribution in [2.45, 2.75) is 25.6 Å². The van der Waals surface area contributed by atoms with Crippen LogP contribution in [0.25, 0.3) is 0 Å². The summed E-state index contributed by atoms with van der Waals surface area (Å²) in [7, 11) is 0.373. The molecule has 0 aliphatic carbocycles. The molecule has 2 atom stereocenters. The normalized spacial score (nSPS) is 26.4. The summed E-state index contributed by atoms with van der Waals surface area (Å²) in [4.78, 5) is 22.4. The Labute approximate surface area is 149 Å². The molecule has 2 saturated heterocycles. The summed E-state index contributed by atoms with van der Waals surface area (Å²) >= 11 is 0. The maximum Gasteiger partial charge on any atom is 0.236 e. The summed E-state index contributed by atoms with van der Waals surface area (Å²) in [6.07, 6.45) is 1.78. The van der Waals surface area contributed by atoms with Gasteiger partial charge in [0.25, 0.3) is 0 Å². The zero-order valence-electron chi connectivity index (χ0n) is 15.1. The topological polar surface area (TPSA) is 73.8 Å². The molecule has 0 spiro atoms. The number of fused-ring (bicyclic) bond motifs is 1. The third kappa shape index (κ3) is 4.02. The molecule has 2 aliphatic rings. The third-order valence-electron chi connectivity index (χ3n) is 5.21. The fourth-order valence-corrected chi connectivity index (χ4v) is 5.72. The van der Waals surface area contributed by atoms with Gasteiger partial charge < -0.3 is 4.90 Å². The van der Waals surface area contributed by atoms with E-state index in [1.807, 2.05) is 24.0 Å². The SMILES string of the molecule is Cc1cccnc1CN1CCN(CC(=O)N(C)C)[C@H]2CS(=O)(=O)C[C@H]21. The number of rotatable bonds is 4. The molecule has 0 saturated carbocycles. The number of sulfone groups is 1. The first kappa shape index (κ1) is 18.3. The lowest BCUT2D eigenvalue weighted by Crippen LogP contribution is -2.60. The molecule has 138 valence electrons. The monoisotopic (exact) mass is 366 g/mol. The summed E-state index contributed by atoms with van der Waals surface area (Å²) in [6, 6.07) is 3.74. The van der Waals surface area contributed by atoms with Crippen LogP contribution in [0.15, 0.2) is 18.3 Å². The number of pyridine rings is 1. The molecule has 2 fully saturated rings. The van der Waals surface area contributed by atoms with Crippen molar-refractivity contribution in [1.29, 1.82) is 0 Å². The Morgan fingerprint density at radius 3 is 2.52 bits per heavy atom. The first-order chi connectivity index (χ1) is 11.8. The fraction of sp³-hybridized carbons (Fsp3) is 0.647. The highest BCUT2D eigenvalue weighted by molar-refractivity contribution is 7.91. The molecular weight excluding hydrogens is 340 g/mol. The van der Waals surface area contributed by atoms with Crippen LogP contribution in [0, 0.1) is 6.92 Å². The van der Waals surface area contributed by atoms with E-state index in [-0.39, 0.29) is 36.0 Å². The zero-order chi connectivity index (χ0) is 18.2. The van der Waals surface area contributed by atoms with Crippen molar-refractivity contribution in [2.75, 3.05) is 45.2 Å². The van der Waals surface area contributed by atoms with Gasteiger partial charge in [-0.1, -0.05) is 6.07 Å². The first-order valence-corrected chi connectivity index (χ1v) is 10.4. The smallest absolute Gasteiger partial charge is 0.236 e. The Morgan fingerprint density at radius 1 is 1.24 bits per heavy atom. The molecule has 7 nitrogen and oxygen atoms in total. The molecule has 0 radical (unpaired) electrons. The Balaban J connectivity index is 1.78. The van der Waals surface area contributed by atoms with Crippen LogP contribution in [0.2, 0.25) is 0 Å². The largest absolute Gasteiger partial charge is 0.348 e. The molecule has 1 amide bonds. The number of carbonyl (C=O) groups excluding carboxylic acids is 1. The number of amides is 1. The maximum absolute atomic E-state index is 12.3. The van der Waals surface area contributed by atoms with Crippen molar-refractivity contribution in [2.24, 2.45) is 0 Å². The molecule has 2 aliphatic heterocycles. The predicted molar refractivity (Wildman–Crippen MR) is 95.9 cm³/mol. The fourth-order valence-electron chi connectivity index (χ4n) is 3.68. The van der Waals surface area contributed by atoms with Crippen molar-refractivity contribution >= 4 is 15.7 Å². The van der Waals surface area contributed by atoms with Crippen LogP contribution in [-0.4, -0.2) is 91.3 Å². The molecule has 1 aromatic rings. The van der Waals surface area contributed by atoms with Gasteiger partial charge in [0, 0.05) is 52.0 Å². The molecule has 3 heterocycles. The zero-order valence-corrected chi connectivity index (χ0v) is 15.9. The van der Waals surface area contributed by atoms with Gasteiger partial charge in [-0.15, -0.1) is 0 Å². The molecule has 0 aromatic carbocycles. The Morgan fingerprint density at radius 2 is 1.88 bits per heavy atom. The number of aromatic nitrogens is 1. The molecule has 1 aromatic heterocycles. The molecule has 0 N–H and O–H groups in total. The van der Waals surface area contributed by atoms with Crippen LogP contribution in [-0.2, 0) is 21.2 Å². The van der Waals surface area contributed by atoms with Gasteiger partial charge in [0.1, 0.15) is 0 Å². The Hall–Kier alpha value is -1.51. The number of aryl methyl sites for hydroxylation is 1. The van der Waals surface area contributed by atoms with E-state index in [9.17, 15) is 13.2 Å². The van der Waals surface area contributed by atoms with Crippen LogP contribution < -0.4 is 0 Å². The van der Waals surface area contributed by atoms with E-state index in [0.29, 0.717) is 13.1 Å². The van der Waals surface area contributed by atoms with Gasteiger partial charge in [-0.05, 0) is 18.6 Å². The van der Waals surface area contributed by atoms with Crippen molar-refractivity contribution in [3.63, 3.8) is 0 Å². The summed E-state index contributed by atoms with van der Waals surface area (Å²) in [6.45, 7) is 4.39. The summed E-state index contributed by atoms with van der Waals surface area (Å²) in [5.41, 5.74) is 2.11. The summed E-state index contributed by atoms with van der Waals surface area (Å²) in [5.74, 6) is 0.309. The molecule has 0 unspecified atom stereocenters. The Bertz CT molecular complexity index is 750. The van der Waals surface area contributed by atoms with Gasteiger partial charge >= 0.3 is 0 Å². The molecule has 8 heteroatoms. The average Bonchev–Trinajstić information content (AvgIpc) is 2.87. The minimum atomic E-state index is -3.08. The highest BCUT2D eigenvalue weighted by atomic mass is 32.2. The average molecular weight is 366 g/mol. The second kappa shape index (κ2) is 7.01. The second-order valence-electron chi connectivity index (χ2n) is 7.21. The van der Waals surface area contributed by atoms with Crippen LogP contribution in [0.5, 0.6) is 0 Å². The standard InChI is InChI=1S/C17H26N4O3S/c1-13-5-4-6-18-14(13)9-20-7-8-21(10-17(22)19(2)3)16-12-25(23,24)11-15(16)20/h4-6,15-16H,7-12H2,1-3H3/t15-,16+/m1/s1. The third-order valence-corrected chi connectivity index (χ3v) is 6.91. The summed E-state index contributed by atoms with van der Waals surface area (Å²) < 4.78 is 24.5. The van der Waals surface area contributed by atoms with E-state index in [4.69, 9.17) is 0 Å².